The smallest absolute Gasteiger partial charge is 0.194 e. The van der Waals surface area contributed by atoms with Crippen molar-refractivity contribution in [2.75, 3.05) is 32.8 Å². The predicted octanol–water partition coefficient (Wildman–Crippen LogP) is 4.37. The molecule has 6 nitrogen and oxygen atoms in total. The van der Waals surface area contributed by atoms with Crippen LogP contribution in [0, 0.1) is 0 Å². The van der Waals surface area contributed by atoms with Crippen molar-refractivity contribution in [3.8, 4) is 0 Å². The molecule has 4 rings (SSSR count). The van der Waals surface area contributed by atoms with Gasteiger partial charge in [0.2, 0.25) is 0 Å². The number of halogens is 1. The van der Waals surface area contributed by atoms with Gasteiger partial charge in [0.25, 0.3) is 0 Å². The second-order valence-corrected chi connectivity index (χ2v) is 8.17. The Morgan fingerprint density at radius 1 is 1.19 bits per heavy atom. The largest absolute Gasteiger partial charge is 0.376 e. The van der Waals surface area contributed by atoms with Crippen molar-refractivity contribution in [2.45, 2.75) is 57.8 Å². The lowest BCUT2D eigenvalue weighted by Crippen LogP contribution is -2.47. The van der Waals surface area contributed by atoms with E-state index in [1.807, 2.05) is 12.3 Å². The van der Waals surface area contributed by atoms with E-state index in [0.717, 1.165) is 74.5 Å². The van der Waals surface area contributed by atoms with E-state index in [2.05, 4.69) is 46.4 Å². The Bertz CT molecular complexity index is 828. The van der Waals surface area contributed by atoms with Crippen molar-refractivity contribution < 1.29 is 9.47 Å². The molecule has 1 atom stereocenters. The number of para-hydroxylation sites is 1. The third-order valence-corrected chi connectivity index (χ3v) is 5.98. The first-order valence-electron chi connectivity index (χ1n) is 11.4. The van der Waals surface area contributed by atoms with E-state index >= 15 is 0 Å². The van der Waals surface area contributed by atoms with E-state index in [4.69, 9.17) is 14.5 Å². The Kier molecular flexibility index (Phi) is 9.80. The van der Waals surface area contributed by atoms with Gasteiger partial charge in [0.05, 0.1) is 30.9 Å². The molecule has 170 valence electrons. The average molecular weight is 538 g/mol. The number of hydrogen-bond acceptors (Lipinski definition) is 4. The van der Waals surface area contributed by atoms with E-state index in [9.17, 15) is 0 Å². The van der Waals surface area contributed by atoms with Crippen LogP contribution < -0.4 is 5.32 Å². The molecule has 1 aromatic heterocycles. The lowest BCUT2D eigenvalue weighted by Gasteiger charge is -2.35. The zero-order valence-electron chi connectivity index (χ0n) is 18.5. The minimum Gasteiger partial charge on any atom is -0.376 e. The molecule has 0 saturated carbocycles. The first-order chi connectivity index (χ1) is 14.8. The van der Waals surface area contributed by atoms with Gasteiger partial charge in [0, 0.05) is 37.8 Å². The van der Waals surface area contributed by atoms with E-state index in [1.54, 1.807) is 0 Å². The molecule has 0 bridgehead atoms. The quantitative estimate of drug-likeness (QED) is 0.337. The fourth-order valence-corrected chi connectivity index (χ4v) is 4.30. The van der Waals surface area contributed by atoms with Crippen LogP contribution in [0.1, 0.15) is 44.6 Å². The highest BCUT2D eigenvalue weighted by Crippen LogP contribution is 2.19. The summed E-state index contributed by atoms with van der Waals surface area (Å²) in [6.45, 7) is 7.18. The van der Waals surface area contributed by atoms with Gasteiger partial charge in [-0.3, -0.25) is 4.98 Å². The number of hydrogen-bond donors (Lipinski definition) is 1. The third kappa shape index (κ3) is 6.76. The molecule has 0 aliphatic carbocycles. The van der Waals surface area contributed by atoms with Crippen LogP contribution in [0.15, 0.2) is 41.5 Å². The van der Waals surface area contributed by atoms with Crippen LogP contribution in [0.5, 0.6) is 0 Å². The summed E-state index contributed by atoms with van der Waals surface area (Å²) in [5, 5.41) is 4.63. The molecular weight excluding hydrogens is 503 g/mol. The summed E-state index contributed by atoms with van der Waals surface area (Å²) >= 11 is 0. The number of aromatic nitrogens is 1. The highest BCUT2D eigenvalue weighted by molar-refractivity contribution is 14.0. The van der Waals surface area contributed by atoms with E-state index < -0.39 is 0 Å². The van der Waals surface area contributed by atoms with Crippen molar-refractivity contribution in [3.63, 3.8) is 0 Å². The molecule has 31 heavy (non-hydrogen) atoms. The summed E-state index contributed by atoms with van der Waals surface area (Å²) < 4.78 is 12.0. The number of rotatable bonds is 6. The molecule has 7 heteroatoms. The average Bonchev–Trinajstić information content (AvgIpc) is 2.81. The number of piperidine rings is 1. The summed E-state index contributed by atoms with van der Waals surface area (Å²) in [4.78, 5) is 11.8. The van der Waals surface area contributed by atoms with Crippen LogP contribution in [-0.2, 0) is 16.0 Å². The van der Waals surface area contributed by atoms with Gasteiger partial charge in [0.15, 0.2) is 5.96 Å². The molecule has 1 N–H and O–H groups in total. The van der Waals surface area contributed by atoms with Gasteiger partial charge in [0.1, 0.15) is 0 Å². The number of benzene rings is 1. The molecule has 1 unspecified atom stereocenters. The molecule has 2 aliphatic heterocycles. The normalized spacial score (nSPS) is 20.5. The minimum absolute atomic E-state index is 0. The van der Waals surface area contributed by atoms with Gasteiger partial charge in [-0.15, -0.1) is 24.0 Å². The molecule has 3 heterocycles. The number of ether oxygens (including phenoxy) is 2. The van der Waals surface area contributed by atoms with Gasteiger partial charge in [-0.25, -0.2) is 4.99 Å². The SMILES string of the molecule is CCNC(=NCc1cccc2cccnc12)N1CCC(OCC2CCCCO2)CC1.I. The molecule has 0 spiro atoms. The molecule has 1 aromatic carbocycles. The second kappa shape index (κ2) is 12.6. The van der Waals surface area contributed by atoms with Crippen molar-refractivity contribution in [1.29, 1.82) is 0 Å². The van der Waals surface area contributed by atoms with Gasteiger partial charge in [-0.05, 0) is 50.7 Å². The standard InChI is InChI=1S/C24H34N4O2.HI/c1-2-25-24(27-17-20-8-5-7-19-9-6-13-26-23(19)20)28-14-11-21(12-15-28)30-18-22-10-3-4-16-29-22;/h5-9,13,21-22H,2-4,10-12,14-18H2,1H3,(H,25,27);1H. The molecular formula is C24H35IN4O2. The first-order valence-corrected chi connectivity index (χ1v) is 11.4. The number of pyridine rings is 1. The second-order valence-electron chi connectivity index (χ2n) is 8.17. The molecule has 2 aromatic rings. The number of nitrogens with one attached hydrogen (secondary N) is 1. The van der Waals surface area contributed by atoms with Gasteiger partial charge in [-0.2, -0.15) is 0 Å². The number of nitrogens with zero attached hydrogens (tertiary/aromatic N) is 3. The fourth-order valence-electron chi connectivity index (χ4n) is 4.30. The van der Waals surface area contributed by atoms with Crippen molar-refractivity contribution >= 4 is 40.8 Å². The van der Waals surface area contributed by atoms with Crippen molar-refractivity contribution in [2.24, 2.45) is 4.99 Å². The fraction of sp³-hybridized carbons (Fsp3) is 0.583. The van der Waals surface area contributed by atoms with Crippen LogP contribution in [0.3, 0.4) is 0 Å². The molecule has 0 radical (unpaired) electrons. The van der Waals surface area contributed by atoms with Gasteiger partial charge in [-0.1, -0.05) is 24.3 Å². The molecule has 0 amide bonds. The predicted molar refractivity (Wildman–Crippen MR) is 136 cm³/mol. The summed E-state index contributed by atoms with van der Waals surface area (Å²) in [7, 11) is 0. The Hall–Kier alpha value is -1.45. The van der Waals surface area contributed by atoms with Gasteiger partial charge >= 0.3 is 0 Å². The number of guanidine groups is 1. The number of aliphatic imine (C=N–C) groups is 1. The summed E-state index contributed by atoms with van der Waals surface area (Å²) in [6.07, 6.45) is 8.14. The third-order valence-electron chi connectivity index (χ3n) is 5.98. The molecule has 2 aliphatic rings. The maximum atomic E-state index is 6.17. The van der Waals surface area contributed by atoms with Gasteiger partial charge < -0.3 is 19.7 Å². The summed E-state index contributed by atoms with van der Waals surface area (Å²) in [6, 6.07) is 10.4. The van der Waals surface area contributed by atoms with Crippen LogP contribution >= 0.6 is 24.0 Å². The maximum Gasteiger partial charge on any atom is 0.194 e. The van der Waals surface area contributed by atoms with Crippen molar-refractivity contribution in [1.82, 2.24) is 15.2 Å². The lowest BCUT2D eigenvalue weighted by atomic mass is 10.1. The van der Waals surface area contributed by atoms with E-state index in [1.165, 1.54) is 12.8 Å². The first kappa shape index (κ1) is 24.2. The van der Waals surface area contributed by atoms with E-state index in [0.29, 0.717) is 18.8 Å². The summed E-state index contributed by atoms with van der Waals surface area (Å²) in [5.41, 5.74) is 2.20. The summed E-state index contributed by atoms with van der Waals surface area (Å²) in [5.74, 6) is 0.986. The molecule has 2 saturated heterocycles. The number of likely N-dealkylation sites (tertiary alicyclic amines) is 1. The van der Waals surface area contributed by atoms with E-state index in [-0.39, 0.29) is 24.0 Å². The zero-order valence-corrected chi connectivity index (χ0v) is 20.8. The minimum atomic E-state index is 0. The topological polar surface area (TPSA) is 59.0 Å². The Morgan fingerprint density at radius 3 is 2.81 bits per heavy atom. The van der Waals surface area contributed by atoms with Crippen LogP contribution in [0.4, 0.5) is 0 Å². The van der Waals surface area contributed by atoms with Crippen LogP contribution in [-0.4, -0.2) is 60.9 Å². The van der Waals surface area contributed by atoms with Crippen LogP contribution in [0.2, 0.25) is 0 Å². The highest BCUT2D eigenvalue weighted by atomic mass is 127. The highest BCUT2D eigenvalue weighted by Gasteiger charge is 2.23. The maximum absolute atomic E-state index is 6.17. The number of fused-ring (bicyclic) bond motifs is 1. The lowest BCUT2D eigenvalue weighted by molar-refractivity contribution is -0.0721. The van der Waals surface area contributed by atoms with Crippen LogP contribution in [0.25, 0.3) is 10.9 Å². The zero-order chi connectivity index (χ0) is 20.6. The molecule has 2 fully saturated rings. The Balaban J connectivity index is 0.00000272. The Morgan fingerprint density at radius 2 is 2.03 bits per heavy atom. The Labute approximate surface area is 202 Å². The van der Waals surface area contributed by atoms with Crippen molar-refractivity contribution in [3.05, 3.63) is 42.1 Å². The monoisotopic (exact) mass is 538 g/mol.